The smallest absolute Gasteiger partial charge is 0.344 e. The van der Waals surface area contributed by atoms with Crippen LogP contribution in [0.5, 0.6) is 0 Å². The molecule has 0 saturated carbocycles. The molecule has 0 bridgehead atoms. The normalized spacial score (nSPS) is 10.9. The van der Waals surface area contributed by atoms with E-state index in [4.69, 9.17) is 0 Å². The van der Waals surface area contributed by atoms with E-state index in [-0.39, 0.29) is 12.8 Å². The molecule has 0 saturated heterocycles. The van der Waals surface area contributed by atoms with E-state index in [2.05, 4.69) is 9.47 Å². The summed E-state index contributed by atoms with van der Waals surface area (Å²) in [5, 5.41) is 0. The van der Waals surface area contributed by atoms with Crippen LogP contribution in [0.15, 0.2) is 0 Å². The lowest BCUT2D eigenvalue weighted by Crippen LogP contribution is -2.17. The van der Waals surface area contributed by atoms with Crippen molar-refractivity contribution in [3.05, 3.63) is 69.3 Å². The molecule has 0 aliphatic rings. The Hall–Kier alpha value is -3.32. The van der Waals surface area contributed by atoms with E-state index in [0.717, 1.165) is 0 Å². The highest BCUT2D eigenvalue weighted by Gasteiger charge is 2.31. The number of hydrogen-bond acceptors (Lipinski definition) is 4. The number of halogens is 10. The molecule has 0 heterocycles. The Morgan fingerprint density at radius 1 is 0.438 bits per heavy atom. The van der Waals surface area contributed by atoms with Crippen molar-refractivity contribution >= 4 is 11.9 Å². The number of carbonyl (C=O) groups excluding carboxylic acids is 2. The molecule has 0 fully saturated rings. The van der Waals surface area contributed by atoms with Gasteiger partial charge in [-0.1, -0.05) is 0 Å². The van der Waals surface area contributed by atoms with Crippen LogP contribution >= 0.6 is 0 Å². The quantitative estimate of drug-likeness (QED) is 0.187. The molecular formula is C18H8F10O4. The fourth-order valence-corrected chi connectivity index (χ4v) is 2.25. The largest absolute Gasteiger partial charge is 0.462 e. The van der Waals surface area contributed by atoms with Crippen molar-refractivity contribution in [2.24, 2.45) is 0 Å². The van der Waals surface area contributed by atoms with Gasteiger partial charge in [0.1, 0.15) is 11.1 Å². The van der Waals surface area contributed by atoms with Crippen molar-refractivity contribution in [1.29, 1.82) is 0 Å². The summed E-state index contributed by atoms with van der Waals surface area (Å²) in [5.74, 6) is -27.9. The van der Waals surface area contributed by atoms with E-state index in [1.165, 1.54) is 0 Å². The van der Waals surface area contributed by atoms with Crippen molar-refractivity contribution in [2.45, 2.75) is 12.8 Å². The van der Waals surface area contributed by atoms with E-state index in [1.54, 1.807) is 0 Å². The Bertz CT molecular complexity index is 943. The lowest BCUT2D eigenvalue weighted by Gasteiger charge is -2.10. The Kier molecular flexibility index (Phi) is 7.69. The van der Waals surface area contributed by atoms with Gasteiger partial charge in [0.05, 0.1) is 13.2 Å². The third-order valence-electron chi connectivity index (χ3n) is 3.83. The van der Waals surface area contributed by atoms with Gasteiger partial charge in [-0.15, -0.1) is 0 Å². The van der Waals surface area contributed by atoms with Gasteiger partial charge < -0.3 is 9.47 Å². The van der Waals surface area contributed by atoms with Crippen LogP contribution in [0.4, 0.5) is 43.9 Å². The Balaban J connectivity index is 1.90. The van der Waals surface area contributed by atoms with E-state index < -0.39 is 94.5 Å². The SMILES string of the molecule is O=C(OCCCCOC(=O)c1c(F)c(F)c(F)c(F)c1F)c1c(F)c(F)c(F)c(F)c1F. The van der Waals surface area contributed by atoms with Gasteiger partial charge in [-0.3, -0.25) is 0 Å². The minimum Gasteiger partial charge on any atom is -0.462 e. The molecule has 14 heteroatoms. The van der Waals surface area contributed by atoms with E-state index in [1.807, 2.05) is 0 Å². The molecule has 0 amide bonds. The number of hydrogen-bond donors (Lipinski definition) is 0. The first-order valence-corrected chi connectivity index (χ1v) is 8.28. The highest BCUT2D eigenvalue weighted by Crippen LogP contribution is 2.25. The van der Waals surface area contributed by atoms with Gasteiger partial charge in [0, 0.05) is 0 Å². The van der Waals surface area contributed by atoms with Crippen LogP contribution in [-0.4, -0.2) is 25.2 Å². The number of ether oxygens (including phenoxy) is 2. The molecule has 0 atom stereocenters. The fourth-order valence-electron chi connectivity index (χ4n) is 2.25. The maximum Gasteiger partial charge on any atom is 0.344 e. The molecule has 2 aromatic rings. The molecular weight excluding hydrogens is 470 g/mol. The summed E-state index contributed by atoms with van der Waals surface area (Å²) < 4.78 is 141. The zero-order valence-electron chi connectivity index (χ0n) is 15.2. The fraction of sp³-hybridized carbons (Fsp3) is 0.222. The summed E-state index contributed by atoms with van der Waals surface area (Å²) in [6.45, 7) is -1.36. The van der Waals surface area contributed by atoms with Crippen molar-refractivity contribution in [3.63, 3.8) is 0 Å². The molecule has 0 spiro atoms. The summed E-state index contributed by atoms with van der Waals surface area (Å²) >= 11 is 0. The van der Waals surface area contributed by atoms with Crippen LogP contribution in [0.1, 0.15) is 33.6 Å². The second-order valence-corrected chi connectivity index (χ2v) is 5.87. The minimum absolute atomic E-state index is 0.258. The van der Waals surface area contributed by atoms with Crippen LogP contribution in [0.25, 0.3) is 0 Å². The second kappa shape index (κ2) is 9.87. The van der Waals surface area contributed by atoms with Gasteiger partial charge in [-0.2, -0.15) is 0 Å². The maximum atomic E-state index is 13.5. The zero-order valence-corrected chi connectivity index (χ0v) is 15.2. The van der Waals surface area contributed by atoms with Crippen molar-refractivity contribution in [1.82, 2.24) is 0 Å². The summed E-state index contributed by atoms with van der Waals surface area (Å²) in [4.78, 5) is 23.1. The Labute approximate surface area is 171 Å². The Morgan fingerprint density at radius 3 is 0.906 bits per heavy atom. The topological polar surface area (TPSA) is 52.6 Å². The number of rotatable bonds is 7. The van der Waals surface area contributed by atoms with Gasteiger partial charge in [0.2, 0.25) is 11.6 Å². The van der Waals surface area contributed by atoms with Crippen LogP contribution in [0, 0.1) is 58.2 Å². The minimum atomic E-state index is -2.48. The van der Waals surface area contributed by atoms with Crippen LogP contribution in [0.2, 0.25) is 0 Å². The number of unbranched alkanes of at least 4 members (excludes halogenated alkanes) is 1. The first kappa shape index (κ1) is 24.9. The average Bonchev–Trinajstić information content (AvgIpc) is 2.76. The van der Waals surface area contributed by atoms with Crippen molar-refractivity contribution < 1.29 is 63.0 Å². The molecule has 4 nitrogen and oxygen atoms in total. The summed E-state index contributed by atoms with van der Waals surface area (Å²) in [5.41, 5.74) is -3.67. The van der Waals surface area contributed by atoms with Crippen molar-refractivity contribution in [2.75, 3.05) is 13.2 Å². The molecule has 32 heavy (non-hydrogen) atoms. The predicted octanol–water partition coefficient (Wildman–Crippen LogP) is 4.87. The molecule has 0 aliphatic carbocycles. The molecule has 2 rings (SSSR count). The first-order valence-electron chi connectivity index (χ1n) is 8.28. The number of benzene rings is 2. The Morgan fingerprint density at radius 2 is 0.656 bits per heavy atom. The van der Waals surface area contributed by atoms with Gasteiger partial charge >= 0.3 is 11.9 Å². The zero-order chi connectivity index (χ0) is 24.3. The number of esters is 2. The molecule has 2 aromatic carbocycles. The van der Waals surface area contributed by atoms with Gasteiger partial charge in [0.25, 0.3) is 0 Å². The highest BCUT2D eigenvalue weighted by atomic mass is 19.2. The predicted molar refractivity (Wildman–Crippen MR) is 82.3 cm³/mol. The lowest BCUT2D eigenvalue weighted by molar-refractivity contribution is 0.0417. The van der Waals surface area contributed by atoms with E-state index in [0.29, 0.717) is 0 Å². The van der Waals surface area contributed by atoms with Gasteiger partial charge in [0.15, 0.2) is 46.5 Å². The molecule has 0 unspecified atom stereocenters. The third kappa shape index (κ3) is 4.62. The van der Waals surface area contributed by atoms with Gasteiger partial charge in [-0.25, -0.2) is 53.5 Å². The summed E-state index contributed by atoms with van der Waals surface area (Å²) in [6, 6.07) is 0. The van der Waals surface area contributed by atoms with E-state index in [9.17, 15) is 53.5 Å². The molecule has 0 N–H and O–H groups in total. The maximum absolute atomic E-state index is 13.5. The standard InChI is InChI=1S/C18H8F10O4/c19-7-5(8(20)12(24)15(27)11(7)23)17(29)31-3-1-2-4-32-18(30)6-9(21)13(25)16(28)14(26)10(6)22/h1-4H2. The average molecular weight is 478 g/mol. The van der Waals surface area contributed by atoms with Crippen LogP contribution in [0.3, 0.4) is 0 Å². The third-order valence-corrected chi connectivity index (χ3v) is 3.83. The van der Waals surface area contributed by atoms with Crippen molar-refractivity contribution in [3.8, 4) is 0 Å². The molecule has 174 valence electrons. The second-order valence-electron chi connectivity index (χ2n) is 5.87. The highest BCUT2D eigenvalue weighted by molar-refractivity contribution is 5.90. The molecule has 0 radical (unpaired) electrons. The van der Waals surface area contributed by atoms with Crippen LogP contribution in [-0.2, 0) is 9.47 Å². The summed E-state index contributed by atoms with van der Waals surface area (Å²) in [7, 11) is 0. The number of carbonyl (C=O) groups is 2. The lowest BCUT2D eigenvalue weighted by atomic mass is 10.1. The molecule has 0 aromatic heterocycles. The molecule has 0 aliphatic heterocycles. The first-order chi connectivity index (χ1) is 14.9. The summed E-state index contributed by atoms with van der Waals surface area (Å²) in [6.07, 6.45) is -0.517. The monoisotopic (exact) mass is 478 g/mol. The van der Waals surface area contributed by atoms with Gasteiger partial charge in [-0.05, 0) is 12.8 Å². The van der Waals surface area contributed by atoms with Crippen LogP contribution < -0.4 is 0 Å². The van der Waals surface area contributed by atoms with E-state index >= 15 is 0 Å².